The third-order valence-electron chi connectivity index (χ3n) is 7.86. The van der Waals surface area contributed by atoms with Crippen molar-refractivity contribution in [2.75, 3.05) is 12.4 Å². The Labute approximate surface area is 245 Å². The molecule has 2 N–H and O–H groups in total. The zero-order valence-corrected chi connectivity index (χ0v) is 23.6. The topological polar surface area (TPSA) is 119 Å². The maximum absolute atomic E-state index is 13.6. The molecule has 2 bridgehead atoms. The number of hydrogen-bond acceptors (Lipinski definition) is 6. The minimum Gasteiger partial charge on any atom is -0.496 e. The van der Waals surface area contributed by atoms with Gasteiger partial charge in [0.1, 0.15) is 12.0 Å². The first-order chi connectivity index (χ1) is 20.4. The first-order valence-electron chi connectivity index (χ1n) is 13.3. The molecule has 5 rings (SSSR count). The summed E-state index contributed by atoms with van der Waals surface area (Å²) >= 11 is 0. The molecule has 2 aliphatic rings. The SMILES string of the molecule is COc1ccc(Cc2ccccc2C=O)cc1C(=O)NC1C2C=CC(C2)C1C(=O)Nc1cccc(S(=O)(=O)C(F)(F)F)c1. The molecule has 4 unspecified atom stereocenters. The Hall–Kier alpha value is -4.45. The molecule has 2 aliphatic carbocycles. The minimum atomic E-state index is -5.60. The second kappa shape index (κ2) is 11.7. The van der Waals surface area contributed by atoms with Crippen molar-refractivity contribution in [2.24, 2.45) is 17.8 Å². The van der Waals surface area contributed by atoms with Crippen LogP contribution in [-0.2, 0) is 21.1 Å². The van der Waals surface area contributed by atoms with Crippen LogP contribution >= 0.6 is 0 Å². The van der Waals surface area contributed by atoms with Gasteiger partial charge in [0.25, 0.3) is 15.7 Å². The Bertz CT molecular complexity index is 1720. The van der Waals surface area contributed by atoms with Gasteiger partial charge >= 0.3 is 5.51 Å². The number of rotatable bonds is 9. The van der Waals surface area contributed by atoms with E-state index in [2.05, 4.69) is 10.6 Å². The van der Waals surface area contributed by atoms with Gasteiger partial charge in [-0.05, 0) is 66.1 Å². The van der Waals surface area contributed by atoms with Crippen LogP contribution in [0.5, 0.6) is 5.75 Å². The van der Waals surface area contributed by atoms with Crippen LogP contribution in [0.15, 0.2) is 83.8 Å². The van der Waals surface area contributed by atoms with Crippen molar-refractivity contribution in [2.45, 2.75) is 29.3 Å². The highest BCUT2D eigenvalue weighted by atomic mass is 32.2. The van der Waals surface area contributed by atoms with Gasteiger partial charge in [-0.2, -0.15) is 13.2 Å². The van der Waals surface area contributed by atoms with E-state index in [1.807, 2.05) is 24.3 Å². The normalized spacial score (nSPS) is 20.9. The van der Waals surface area contributed by atoms with Crippen molar-refractivity contribution in [3.05, 3.63) is 101 Å². The van der Waals surface area contributed by atoms with Gasteiger partial charge in [-0.3, -0.25) is 14.4 Å². The number of allylic oxidation sites excluding steroid dienone is 1. The molecule has 0 saturated heterocycles. The molecule has 2 amide bonds. The van der Waals surface area contributed by atoms with Gasteiger partial charge in [-0.15, -0.1) is 0 Å². The summed E-state index contributed by atoms with van der Waals surface area (Å²) in [5.74, 6) is -1.87. The van der Waals surface area contributed by atoms with E-state index in [0.717, 1.165) is 35.6 Å². The molecule has 3 aromatic carbocycles. The lowest BCUT2D eigenvalue weighted by Gasteiger charge is -2.28. The average Bonchev–Trinajstić information content (AvgIpc) is 3.59. The Balaban J connectivity index is 1.36. The number of hydrogen-bond donors (Lipinski definition) is 2. The highest BCUT2D eigenvalue weighted by molar-refractivity contribution is 7.92. The van der Waals surface area contributed by atoms with Crippen molar-refractivity contribution < 1.29 is 40.7 Å². The number of methoxy groups -OCH3 is 1. The predicted octanol–water partition coefficient (Wildman–Crippen LogP) is 4.95. The van der Waals surface area contributed by atoms with E-state index in [1.165, 1.54) is 13.2 Å². The smallest absolute Gasteiger partial charge is 0.496 e. The number of benzene rings is 3. The largest absolute Gasteiger partial charge is 0.501 e. The molecule has 224 valence electrons. The maximum atomic E-state index is 13.6. The Kier molecular flexibility index (Phi) is 8.15. The number of carbonyl (C=O) groups is 3. The van der Waals surface area contributed by atoms with E-state index >= 15 is 0 Å². The molecule has 12 heteroatoms. The number of ether oxygens (including phenoxy) is 1. The fraction of sp³-hybridized carbons (Fsp3) is 0.258. The van der Waals surface area contributed by atoms with Crippen LogP contribution in [0.4, 0.5) is 18.9 Å². The van der Waals surface area contributed by atoms with Gasteiger partial charge in [0.2, 0.25) is 5.91 Å². The highest BCUT2D eigenvalue weighted by Gasteiger charge is 2.49. The average molecular weight is 613 g/mol. The minimum absolute atomic E-state index is 0.114. The maximum Gasteiger partial charge on any atom is 0.501 e. The molecular formula is C31H27F3N2O6S. The number of halogens is 3. The van der Waals surface area contributed by atoms with E-state index in [-0.39, 0.29) is 23.1 Å². The van der Waals surface area contributed by atoms with Crippen molar-refractivity contribution in [1.82, 2.24) is 5.32 Å². The molecule has 0 aliphatic heterocycles. The molecule has 43 heavy (non-hydrogen) atoms. The van der Waals surface area contributed by atoms with Crippen molar-refractivity contribution >= 4 is 33.6 Å². The van der Waals surface area contributed by atoms with Crippen LogP contribution in [0, 0.1) is 17.8 Å². The third-order valence-corrected chi connectivity index (χ3v) is 9.35. The summed E-state index contributed by atoms with van der Waals surface area (Å²) in [6.07, 6.45) is 5.54. The summed E-state index contributed by atoms with van der Waals surface area (Å²) in [5, 5.41) is 5.49. The number of sulfone groups is 1. The number of alkyl halides is 3. The van der Waals surface area contributed by atoms with Crippen LogP contribution in [0.1, 0.15) is 38.3 Å². The quantitative estimate of drug-likeness (QED) is 0.261. The number of anilines is 1. The van der Waals surface area contributed by atoms with E-state index in [1.54, 1.807) is 30.3 Å². The molecule has 3 aromatic rings. The van der Waals surface area contributed by atoms with Gasteiger partial charge < -0.3 is 15.4 Å². The van der Waals surface area contributed by atoms with Crippen LogP contribution in [0.25, 0.3) is 0 Å². The molecule has 0 spiro atoms. The monoisotopic (exact) mass is 612 g/mol. The molecule has 4 atom stereocenters. The van der Waals surface area contributed by atoms with Crippen molar-refractivity contribution in [1.29, 1.82) is 0 Å². The summed E-state index contributed by atoms with van der Waals surface area (Å²) in [5.41, 5.74) is -3.28. The number of fused-ring (bicyclic) bond motifs is 2. The first-order valence-corrected chi connectivity index (χ1v) is 14.8. The molecule has 8 nitrogen and oxygen atoms in total. The molecular weight excluding hydrogens is 585 g/mol. The Morgan fingerprint density at radius 2 is 1.74 bits per heavy atom. The zero-order chi connectivity index (χ0) is 30.9. The lowest BCUT2D eigenvalue weighted by molar-refractivity contribution is -0.121. The lowest BCUT2D eigenvalue weighted by atomic mass is 9.87. The van der Waals surface area contributed by atoms with Crippen LogP contribution in [0.2, 0.25) is 0 Å². The van der Waals surface area contributed by atoms with E-state index in [0.29, 0.717) is 24.2 Å². The van der Waals surface area contributed by atoms with E-state index in [9.17, 15) is 36.0 Å². The number of nitrogens with one attached hydrogen (secondary N) is 2. The van der Waals surface area contributed by atoms with Crippen LogP contribution in [-0.4, -0.2) is 45.2 Å². The van der Waals surface area contributed by atoms with Crippen LogP contribution in [0.3, 0.4) is 0 Å². The van der Waals surface area contributed by atoms with Crippen molar-refractivity contribution in [3.8, 4) is 5.75 Å². The second-order valence-corrected chi connectivity index (χ2v) is 12.4. The fourth-order valence-electron chi connectivity index (χ4n) is 5.78. The molecule has 1 fully saturated rings. The number of carbonyl (C=O) groups excluding carboxylic acids is 3. The summed E-state index contributed by atoms with van der Waals surface area (Å²) in [4.78, 5) is 37.5. The summed E-state index contributed by atoms with van der Waals surface area (Å²) in [7, 11) is -4.17. The summed E-state index contributed by atoms with van der Waals surface area (Å²) in [6.45, 7) is 0. The van der Waals surface area contributed by atoms with Gasteiger partial charge in [-0.25, -0.2) is 8.42 Å². The van der Waals surface area contributed by atoms with E-state index in [4.69, 9.17) is 4.74 Å². The molecule has 0 heterocycles. The molecule has 0 aromatic heterocycles. The number of aldehydes is 1. The second-order valence-electron chi connectivity index (χ2n) is 10.5. The fourth-order valence-corrected chi connectivity index (χ4v) is 6.59. The highest BCUT2D eigenvalue weighted by Crippen LogP contribution is 2.44. The van der Waals surface area contributed by atoms with Gasteiger partial charge in [-0.1, -0.05) is 48.6 Å². The lowest BCUT2D eigenvalue weighted by Crippen LogP contribution is -2.47. The van der Waals surface area contributed by atoms with Gasteiger partial charge in [0.15, 0.2) is 0 Å². The zero-order valence-electron chi connectivity index (χ0n) is 22.8. The molecule has 1 saturated carbocycles. The van der Waals surface area contributed by atoms with E-state index < -0.39 is 44.0 Å². The molecule has 0 radical (unpaired) electrons. The van der Waals surface area contributed by atoms with Crippen LogP contribution < -0.4 is 15.4 Å². The summed E-state index contributed by atoms with van der Waals surface area (Å²) < 4.78 is 68.3. The summed E-state index contributed by atoms with van der Waals surface area (Å²) in [6, 6.07) is 15.6. The third kappa shape index (κ3) is 5.92. The Morgan fingerprint density at radius 3 is 2.47 bits per heavy atom. The van der Waals surface area contributed by atoms with Gasteiger partial charge in [0, 0.05) is 17.3 Å². The number of amides is 2. The van der Waals surface area contributed by atoms with Crippen molar-refractivity contribution in [3.63, 3.8) is 0 Å². The standard InChI is InChI=1S/C31H27F3N2O6S/c1-42-26-12-9-18(13-19-5-2-3-6-22(19)17-37)14-25(26)29(38)36-28-21-11-10-20(15-21)27(28)30(39)35-23-7-4-8-24(16-23)43(40,41)31(32,33)34/h2-12,14,16-17,20-21,27-28H,13,15H2,1H3,(H,35,39)(H,36,38). The Morgan fingerprint density at radius 1 is 1.00 bits per heavy atom. The first kappa shape index (κ1) is 30.0. The predicted molar refractivity (Wildman–Crippen MR) is 151 cm³/mol. The van der Waals surface area contributed by atoms with Gasteiger partial charge in [0.05, 0.1) is 23.5 Å².